The third-order valence-electron chi connectivity index (χ3n) is 1.68. The zero-order valence-corrected chi connectivity index (χ0v) is 9.53. The molecule has 0 radical (unpaired) electrons. The molecular weight excluding hydrogens is 295 g/mol. The van der Waals surface area contributed by atoms with E-state index in [2.05, 4.69) is 0 Å². The van der Waals surface area contributed by atoms with Gasteiger partial charge in [-0.1, -0.05) is 0 Å². The van der Waals surface area contributed by atoms with Crippen LogP contribution >= 0.6 is 22.6 Å². The van der Waals surface area contributed by atoms with Crippen molar-refractivity contribution in [2.75, 3.05) is 7.11 Å². The summed E-state index contributed by atoms with van der Waals surface area (Å²) in [7, 11) is 1.50. The van der Waals surface area contributed by atoms with Crippen LogP contribution in [0.15, 0.2) is 12.1 Å². The van der Waals surface area contributed by atoms with Gasteiger partial charge in [-0.15, -0.1) is 0 Å². The quantitative estimate of drug-likeness (QED) is 0.836. The van der Waals surface area contributed by atoms with Crippen molar-refractivity contribution in [2.45, 2.75) is 0 Å². The molecule has 1 aromatic carbocycles. The highest BCUT2D eigenvalue weighted by molar-refractivity contribution is 14.1. The summed E-state index contributed by atoms with van der Waals surface area (Å²) in [4.78, 5) is 11.0. The van der Waals surface area contributed by atoms with Crippen LogP contribution in [0.4, 0.5) is 0 Å². The molecule has 5 heteroatoms. The van der Waals surface area contributed by atoms with Gasteiger partial charge >= 0.3 is 0 Å². The molecule has 1 rings (SSSR count). The lowest BCUT2D eigenvalue weighted by molar-refractivity contribution is 0.1000. The number of hydrogen-bond donors (Lipinski definition) is 1. The highest BCUT2D eigenvalue weighted by atomic mass is 127. The maximum absolute atomic E-state index is 11.0. The van der Waals surface area contributed by atoms with Crippen molar-refractivity contribution >= 4 is 28.5 Å². The van der Waals surface area contributed by atoms with Crippen molar-refractivity contribution in [2.24, 2.45) is 5.73 Å². The number of primary amides is 1. The molecule has 0 saturated heterocycles. The largest absolute Gasteiger partial charge is 0.496 e. The number of halogens is 1. The van der Waals surface area contributed by atoms with Gasteiger partial charge in [-0.05, 0) is 34.7 Å². The van der Waals surface area contributed by atoms with Crippen LogP contribution in [0.25, 0.3) is 0 Å². The van der Waals surface area contributed by atoms with E-state index >= 15 is 0 Å². The molecule has 0 saturated carbocycles. The first kappa shape index (κ1) is 10.8. The summed E-state index contributed by atoms with van der Waals surface area (Å²) < 4.78 is 5.76. The lowest BCUT2D eigenvalue weighted by Crippen LogP contribution is -2.13. The summed E-state index contributed by atoms with van der Waals surface area (Å²) in [5, 5.41) is 8.76. The lowest BCUT2D eigenvalue weighted by atomic mass is 10.1. The van der Waals surface area contributed by atoms with Crippen molar-refractivity contribution in [3.63, 3.8) is 0 Å². The third-order valence-corrected chi connectivity index (χ3v) is 2.52. The van der Waals surface area contributed by atoms with Crippen molar-refractivity contribution in [1.82, 2.24) is 0 Å². The Morgan fingerprint density at radius 3 is 2.71 bits per heavy atom. The van der Waals surface area contributed by atoms with Crippen molar-refractivity contribution in [3.05, 3.63) is 26.8 Å². The number of methoxy groups -OCH3 is 1. The average Bonchev–Trinajstić information content (AvgIpc) is 2.17. The number of ether oxygens (including phenoxy) is 1. The van der Waals surface area contributed by atoms with E-state index in [0.29, 0.717) is 5.75 Å². The molecule has 0 aliphatic heterocycles. The molecule has 0 fully saturated rings. The molecule has 2 N–H and O–H groups in total. The maximum Gasteiger partial charge on any atom is 0.250 e. The molecule has 4 nitrogen and oxygen atoms in total. The fraction of sp³-hybridized carbons (Fsp3) is 0.111. The zero-order chi connectivity index (χ0) is 10.7. The molecule has 0 aromatic heterocycles. The van der Waals surface area contributed by atoms with Crippen molar-refractivity contribution in [3.8, 4) is 11.8 Å². The predicted octanol–water partition coefficient (Wildman–Crippen LogP) is 1.27. The number of hydrogen-bond acceptors (Lipinski definition) is 3. The Bertz CT molecular complexity index is 424. The van der Waals surface area contributed by atoms with Gasteiger partial charge in [-0.25, -0.2) is 0 Å². The average molecular weight is 302 g/mol. The Kier molecular flexibility index (Phi) is 3.30. The maximum atomic E-state index is 11.0. The fourth-order valence-corrected chi connectivity index (χ4v) is 1.69. The topological polar surface area (TPSA) is 76.1 Å². The Morgan fingerprint density at radius 2 is 2.29 bits per heavy atom. The summed E-state index contributed by atoms with van der Waals surface area (Å²) in [5.41, 5.74) is 5.57. The fourth-order valence-electron chi connectivity index (χ4n) is 1.01. The van der Waals surface area contributed by atoms with E-state index in [1.807, 2.05) is 28.7 Å². The first-order valence-corrected chi connectivity index (χ1v) is 4.75. The Labute approximate surface area is 94.8 Å². The first-order valence-electron chi connectivity index (χ1n) is 3.67. The molecule has 0 spiro atoms. The summed E-state index contributed by atoms with van der Waals surface area (Å²) in [6, 6.07) is 4.94. The molecule has 0 unspecified atom stereocenters. The third kappa shape index (κ3) is 1.96. The lowest BCUT2D eigenvalue weighted by Gasteiger charge is -2.05. The van der Waals surface area contributed by atoms with E-state index in [0.717, 1.165) is 3.57 Å². The second-order valence-electron chi connectivity index (χ2n) is 2.51. The predicted molar refractivity (Wildman–Crippen MR) is 58.9 cm³/mol. The number of nitrogens with two attached hydrogens (primary N) is 1. The minimum Gasteiger partial charge on any atom is -0.496 e. The monoisotopic (exact) mass is 302 g/mol. The molecule has 0 atom stereocenters. The Morgan fingerprint density at radius 1 is 1.64 bits per heavy atom. The second-order valence-corrected chi connectivity index (χ2v) is 3.67. The summed E-state index contributed by atoms with van der Waals surface area (Å²) in [6.45, 7) is 0. The zero-order valence-electron chi connectivity index (χ0n) is 7.37. The molecule has 0 aliphatic carbocycles. The van der Waals surface area contributed by atoms with E-state index in [1.165, 1.54) is 13.2 Å². The number of nitrogens with zero attached hydrogens (tertiary/aromatic N) is 1. The highest BCUT2D eigenvalue weighted by Crippen LogP contribution is 2.24. The van der Waals surface area contributed by atoms with E-state index in [1.54, 1.807) is 6.07 Å². The smallest absolute Gasteiger partial charge is 0.250 e. The molecule has 72 valence electrons. The number of carbonyl (C=O) groups is 1. The van der Waals surface area contributed by atoms with Crippen LogP contribution in [0.5, 0.6) is 5.75 Å². The number of carbonyl (C=O) groups excluding carboxylic acids is 1. The van der Waals surface area contributed by atoms with E-state index in [4.69, 9.17) is 15.7 Å². The van der Waals surface area contributed by atoms with Gasteiger partial charge in [0.2, 0.25) is 5.91 Å². The van der Waals surface area contributed by atoms with E-state index in [-0.39, 0.29) is 11.1 Å². The minimum atomic E-state index is -0.609. The van der Waals surface area contributed by atoms with Crippen molar-refractivity contribution < 1.29 is 9.53 Å². The van der Waals surface area contributed by atoms with Gasteiger partial charge in [-0.3, -0.25) is 4.79 Å². The number of amides is 1. The number of nitriles is 1. The molecule has 14 heavy (non-hydrogen) atoms. The van der Waals surface area contributed by atoms with E-state index < -0.39 is 5.91 Å². The van der Waals surface area contributed by atoms with Gasteiger partial charge in [-0.2, -0.15) is 5.26 Å². The number of benzene rings is 1. The first-order chi connectivity index (χ1) is 6.60. The van der Waals surface area contributed by atoms with Crippen molar-refractivity contribution in [1.29, 1.82) is 5.26 Å². The van der Waals surface area contributed by atoms with Gasteiger partial charge in [0.05, 0.1) is 21.8 Å². The normalized spacial score (nSPS) is 9.21. The van der Waals surface area contributed by atoms with Gasteiger partial charge in [0.1, 0.15) is 11.8 Å². The highest BCUT2D eigenvalue weighted by Gasteiger charge is 2.12. The Balaban J connectivity index is 3.41. The van der Waals surface area contributed by atoms with Crippen LogP contribution in [0.1, 0.15) is 15.9 Å². The van der Waals surface area contributed by atoms with Gasteiger partial charge < -0.3 is 10.5 Å². The van der Waals surface area contributed by atoms with Crippen LogP contribution in [0, 0.1) is 14.9 Å². The molecule has 1 amide bonds. The number of rotatable bonds is 2. The summed E-state index contributed by atoms with van der Waals surface area (Å²) in [5.74, 6) is -0.0470. The minimum absolute atomic E-state index is 0.220. The van der Waals surface area contributed by atoms with Crippen LogP contribution in [-0.2, 0) is 0 Å². The van der Waals surface area contributed by atoms with Crippen LogP contribution in [0.2, 0.25) is 0 Å². The molecule has 0 heterocycles. The van der Waals surface area contributed by atoms with Gasteiger partial charge in [0.15, 0.2) is 0 Å². The van der Waals surface area contributed by atoms with E-state index in [9.17, 15) is 4.79 Å². The summed E-state index contributed by atoms with van der Waals surface area (Å²) >= 11 is 2.01. The van der Waals surface area contributed by atoms with Crippen LogP contribution < -0.4 is 10.5 Å². The molecular formula is C9H7IN2O2. The second kappa shape index (κ2) is 4.28. The van der Waals surface area contributed by atoms with Gasteiger partial charge in [0.25, 0.3) is 0 Å². The SMILES string of the molecule is COc1cc(C#N)c(C(N)=O)cc1I. The van der Waals surface area contributed by atoms with Gasteiger partial charge in [0, 0.05) is 0 Å². The summed E-state index contributed by atoms with van der Waals surface area (Å²) in [6.07, 6.45) is 0. The Hall–Kier alpha value is -1.29. The molecule has 1 aromatic rings. The standard InChI is InChI=1S/C9H7IN2O2/c1-14-8-2-5(4-11)6(9(12)13)3-7(8)10/h2-3H,1H3,(H2,12,13). The molecule has 0 bridgehead atoms. The van der Waals surface area contributed by atoms with Crippen LogP contribution in [-0.4, -0.2) is 13.0 Å². The van der Waals surface area contributed by atoms with Crippen LogP contribution in [0.3, 0.4) is 0 Å². The molecule has 0 aliphatic rings.